The molecule has 0 aromatic heterocycles. The lowest BCUT2D eigenvalue weighted by Gasteiger charge is -2.08. The Morgan fingerprint density at radius 1 is 1.33 bits per heavy atom. The van der Waals surface area contributed by atoms with Crippen molar-refractivity contribution in [2.45, 2.75) is 12.5 Å². The van der Waals surface area contributed by atoms with E-state index in [1.807, 2.05) is 0 Å². The molecule has 1 aromatic rings. The summed E-state index contributed by atoms with van der Waals surface area (Å²) < 4.78 is 26.2. The van der Waals surface area contributed by atoms with Gasteiger partial charge in [0.1, 0.15) is 0 Å². The third-order valence-corrected chi connectivity index (χ3v) is 4.11. The standard InChI is InChI=1S/C12H15ClN2O2S/c13-11-3-1-10(2-4-11)6-8-18(16,17)15-12-5-7-14-9-12/h1-4,6,8,12,14-15H,5,7,9H2. The zero-order valence-electron chi connectivity index (χ0n) is 9.77. The first kappa shape index (κ1) is 13.5. The van der Waals surface area contributed by atoms with Gasteiger partial charge in [-0.05, 0) is 36.7 Å². The highest BCUT2D eigenvalue weighted by atomic mass is 35.5. The number of nitrogens with one attached hydrogen (secondary N) is 2. The minimum absolute atomic E-state index is 0.00938. The first-order valence-electron chi connectivity index (χ1n) is 5.72. The summed E-state index contributed by atoms with van der Waals surface area (Å²) in [5, 5.41) is 4.93. The molecule has 1 heterocycles. The van der Waals surface area contributed by atoms with Gasteiger partial charge < -0.3 is 5.32 Å². The molecule has 1 aliphatic heterocycles. The normalized spacial score (nSPS) is 20.6. The van der Waals surface area contributed by atoms with Crippen LogP contribution < -0.4 is 10.0 Å². The molecule has 2 N–H and O–H groups in total. The summed E-state index contributed by atoms with van der Waals surface area (Å²) in [5.74, 6) is 0. The van der Waals surface area contributed by atoms with Crippen LogP contribution in [-0.2, 0) is 10.0 Å². The van der Waals surface area contributed by atoms with Gasteiger partial charge in [0.15, 0.2) is 0 Å². The molecule has 0 bridgehead atoms. The van der Waals surface area contributed by atoms with Gasteiger partial charge >= 0.3 is 0 Å². The Morgan fingerprint density at radius 2 is 2.06 bits per heavy atom. The molecule has 1 fully saturated rings. The summed E-state index contributed by atoms with van der Waals surface area (Å²) in [6, 6.07) is 6.98. The molecule has 1 saturated heterocycles. The van der Waals surface area contributed by atoms with E-state index in [0.29, 0.717) is 11.6 Å². The number of halogens is 1. The number of hydrogen-bond donors (Lipinski definition) is 2. The van der Waals surface area contributed by atoms with Crippen LogP contribution in [0.5, 0.6) is 0 Å². The second kappa shape index (κ2) is 5.84. The highest BCUT2D eigenvalue weighted by Crippen LogP contribution is 2.11. The van der Waals surface area contributed by atoms with E-state index in [4.69, 9.17) is 11.6 Å². The van der Waals surface area contributed by atoms with Crippen molar-refractivity contribution in [1.82, 2.24) is 10.0 Å². The first-order chi connectivity index (χ1) is 8.55. The quantitative estimate of drug-likeness (QED) is 0.884. The summed E-state index contributed by atoms with van der Waals surface area (Å²) in [4.78, 5) is 0. The molecule has 1 unspecified atom stereocenters. The van der Waals surface area contributed by atoms with E-state index in [1.165, 1.54) is 5.41 Å². The monoisotopic (exact) mass is 286 g/mol. The van der Waals surface area contributed by atoms with Crippen LogP contribution in [0.3, 0.4) is 0 Å². The fourth-order valence-corrected chi connectivity index (χ4v) is 2.98. The van der Waals surface area contributed by atoms with Gasteiger partial charge in [-0.3, -0.25) is 0 Å². The molecule has 6 heteroatoms. The maximum Gasteiger partial charge on any atom is 0.234 e. The van der Waals surface area contributed by atoms with Crippen LogP contribution in [0.1, 0.15) is 12.0 Å². The fourth-order valence-electron chi connectivity index (χ4n) is 1.77. The zero-order valence-corrected chi connectivity index (χ0v) is 11.3. The molecule has 98 valence electrons. The van der Waals surface area contributed by atoms with Gasteiger partial charge in [0.25, 0.3) is 0 Å². The predicted octanol–water partition coefficient (Wildman–Crippen LogP) is 1.59. The lowest BCUT2D eigenvalue weighted by molar-refractivity contribution is 0.569. The second-order valence-electron chi connectivity index (χ2n) is 4.21. The third kappa shape index (κ3) is 4.10. The number of hydrogen-bond acceptors (Lipinski definition) is 3. The van der Waals surface area contributed by atoms with Gasteiger partial charge in [0, 0.05) is 23.0 Å². The Kier molecular flexibility index (Phi) is 4.40. The molecule has 2 rings (SSSR count). The van der Waals surface area contributed by atoms with Crippen molar-refractivity contribution in [3.05, 3.63) is 40.3 Å². The largest absolute Gasteiger partial charge is 0.315 e. The van der Waals surface area contributed by atoms with E-state index in [2.05, 4.69) is 10.0 Å². The van der Waals surface area contributed by atoms with Gasteiger partial charge in [-0.2, -0.15) is 0 Å². The Balaban J connectivity index is 2.00. The van der Waals surface area contributed by atoms with Gasteiger partial charge in [0.2, 0.25) is 10.0 Å². The highest BCUT2D eigenvalue weighted by Gasteiger charge is 2.18. The van der Waals surface area contributed by atoms with E-state index in [0.717, 1.165) is 18.5 Å². The zero-order chi connectivity index (χ0) is 13.0. The summed E-state index contributed by atoms with van der Waals surface area (Å²) in [5.41, 5.74) is 0.800. The van der Waals surface area contributed by atoms with Crippen molar-refractivity contribution in [2.24, 2.45) is 0 Å². The maximum absolute atomic E-state index is 11.8. The van der Waals surface area contributed by atoms with Gasteiger partial charge in [-0.15, -0.1) is 0 Å². The Hall–Kier alpha value is -0.880. The number of sulfonamides is 1. The van der Waals surface area contributed by atoms with E-state index in [9.17, 15) is 8.42 Å². The third-order valence-electron chi connectivity index (χ3n) is 2.70. The summed E-state index contributed by atoms with van der Waals surface area (Å²) >= 11 is 5.75. The first-order valence-corrected chi connectivity index (χ1v) is 7.64. The molecular formula is C12H15ClN2O2S. The molecule has 18 heavy (non-hydrogen) atoms. The van der Waals surface area contributed by atoms with Gasteiger partial charge in [-0.25, -0.2) is 13.1 Å². The van der Waals surface area contributed by atoms with E-state index in [1.54, 1.807) is 30.3 Å². The minimum Gasteiger partial charge on any atom is -0.315 e. The van der Waals surface area contributed by atoms with Crippen LogP contribution in [0.25, 0.3) is 6.08 Å². The lowest BCUT2D eigenvalue weighted by atomic mass is 10.2. The van der Waals surface area contributed by atoms with Crippen LogP contribution in [0.15, 0.2) is 29.7 Å². The predicted molar refractivity (Wildman–Crippen MR) is 73.8 cm³/mol. The average molecular weight is 287 g/mol. The molecule has 0 aliphatic carbocycles. The summed E-state index contributed by atoms with van der Waals surface area (Å²) in [6.45, 7) is 1.54. The van der Waals surface area contributed by atoms with Crippen LogP contribution in [0.2, 0.25) is 5.02 Å². The smallest absolute Gasteiger partial charge is 0.234 e. The van der Waals surface area contributed by atoms with Crippen molar-refractivity contribution in [1.29, 1.82) is 0 Å². The molecule has 0 amide bonds. The number of benzene rings is 1. The molecule has 1 aromatic carbocycles. The van der Waals surface area contributed by atoms with Crippen molar-refractivity contribution in [2.75, 3.05) is 13.1 Å². The average Bonchev–Trinajstić information content (AvgIpc) is 2.80. The summed E-state index contributed by atoms with van der Waals surface area (Å²) in [6.07, 6.45) is 2.38. The van der Waals surface area contributed by atoms with Gasteiger partial charge in [0.05, 0.1) is 0 Å². The van der Waals surface area contributed by atoms with E-state index in [-0.39, 0.29) is 6.04 Å². The molecule has 1 atom stereocenters. The molecule has 4 nitrogen and oxygen atoms in total. The van der Waals surface area contributed by atoms with Gasteiger partial charge in [-0.1, -0.05) is 23.7 Å². The SMILES string of the molecule is O=S(=O)(C=Cc1ccc(Cl)cc1)NC1CCNC1. The Bertz CT molecular complexity index is 520. The number of rotatable bonds is 4. The summed E-state index contributed by atoms with van der Waals surface area (Å²) in [7, 11) is -3.38. The second-order valence-corrected chi connectivity index (χ2v) is 6.24. The van der Waals surface area contributed by atoms with Crippen LogP contribution >= 0.6 is 11.6 Å². The van der Waals surface area contributed by atoms with Crippen LogP contribution in [0, 0.1) is 0 Å². The fraction of sp³-hybridized carbons (Fsp3) is 0.333. The minimum atomic E-state index is -3.38. The van der Waals surface area contributed by atoms with Crippen molar-refractivity contribution in [3.8, 4) is 0 Å². The van der Waals surface area contributed by atoms with Crippen molar-refractivity contribution >= 4 is 27.7 Å². The van der Waals surface area contributed by atoms with Crippen LogP contribution in [-0.4, -0.2) is 27.5 Å². The maximum atomic E-state index is 11.8. The molecular weight excluding hydrogens is 272 g/mol. The molecule has 0 radical (unpaired) electrons. The van der Waals surface area contributed by atoms with E-state index >= 15 is 0 Å². The molecule has 0 spiro atoms. The Morgan fingerprint density at radius 3 is 2.67 bits per heavy atom. The topological polar surface area (TPSA) is 58.2 Å². The van der Waals surface area contributed by atoms with Crippen molar-refractivity contribution in [3.63, 3.8) is 0 Å². The molecule has 1 aliphatic rings. The Labute approximate surface area is 112 Å². The highest BCUT2D eigenvalue weighted by molar-refractivity contribution is 7.92. The van der Waals surface area contributed by atoms with Crippen LogP contribution in [0.4, 0.5) is 0 Å². The van der Waals surface area contributed by atoms with Crippen molar-refractivity contribution < 1.29 is 8.42 Å². The lowest BCUT2D eigenvalue weighted by Crippen LogP contribution is -2.34. The molecule has 0 saturated carbocycles. The van der Waals surface area contributed by atoms with E-state index < -0.39 is 10.0 Å².